The van der Waals surface area contributed by atoms with Gasteiger partial charge < -0.3 is 19.1 Å². The molecule has 1 aromatic heterocycles. The molecule has 1 N–H and O–H groups in total. The zero-order chi connectivity index (χ0) is 17.9. The third kappa shape index (κ3) is 3.11. The van der Waals surface area contributed by atoms with Gasteiger partial charge in [0.05, 0.1) is 12.2 Å². The van der Waals surface area contributed by atoms with Gasteiger partial charge >= 0.3 is 5.97 Å². The van der Waals surface area contributed by atoms with Crippen LogP contribution in [-0.4, -0.2) is 41.4 Å². The minimum absolute atomic E-state index is 0.223. The third-order valence-electron chi connectivity index (χ3n) is 3.91. The van der Waals surface area contributed by atoms with Gasteiger partial charge in [-0.05, 0) is 19.4 Å². The maximum atomic E-state index is 12.6. The molecule has 0 saturated carbocycles. The van der Waals surface area contributed by atoms with Gasteiger partial charge in [-0.1, -0.05) is 30.3 Å². The zero-order valence-corrected chi connectivity index (χ0v) is 14.2. The molecule has 0 aliphatic rings. The first kappa shape index (κ1) is 17.9. The lowest BCUT2D eigenvalue weighted by atomic mass is 9.97. The highest BCUT2D eigenvalue weighted by molar-refractivity contribution is 6.10. The molecule has 6 heteroatoms. The molecular weight excluding hydrogens is 310 g/mol. The summed E-state index contributed by atoms with van der Waals surface area (Å²) in [5.74, 6) is -1.12. The predicted octanol–water partition coefficient (Wildman–Crippen LogP) is 2.32. The Hall–Kier alpha value is -2.44. The number of hydrogen-bond acceptors (Lipinski definition) is 5. The second-order valence-corrected chi connectivity index (χ2v) is 5.28. The van der Waals surface area contributed by atoms with Crippen LogP contribution in [0.15, 0.2) is 30.3 Å². The van der Waals surface area contributed by atoms with E-state index in [9.17, 15) is 14.7 Å². The Kier molecular flexibility index (Phi) is 5.54. The van der Waals surface area contributed by atoms with Crippen LogP contribution in [0.1, 0.15) is 33.5 Å². The smallest absolute Gasteiger partial charge is 0.355 e. The van der Waals surface area contributed by atoms with Crippen molar-refractivity contribution >= 4 is 11.8 Å². The number of Topliss-reactive ketones (excluding diaryl/α,β-unsaturated/α-hetero) is 1. The van der Waals surface area contributed by atoms with E-state index in [4.69, 9.17) is 9.47 Å². The highest BCUT2D eigenvalue weighted by Crippen LogP contribution is 2.33. The molecule has 6 nitrogen and oxygen atoms in total. The van der Waals surface area contributed by atoms with E-state index in [-0.39, 0.29) is 17.9 Å². The van der Waals surface area contributed by atoms with E-state index < -0.39 is 18.0 Å². The number of benzene rings is 1. The maximum Gasteiger partial charge on any atom is 0.355 e. The van der Waals surface area contributed by atoms with Crippen LogP contribution in [0, 0.1) is 6.92 Å². The first-order valence-electron chi connectivity index (χ1n) is 7.60. The summed E-state index contributed by atoms with van der Waals surface area (Å²) in [6, 6.07) is 9.07. The molecule has 128 valence electrons. The van der Waals surface area contributed by atoms with Gasteiger partial charge in [-0.2, -0.15) is 0 Å². The van der Waals surface area contributed by atoms with Gasteiger partial charge in [0, 0.05) is 25.4 Å². The lowest BCUT2D eigenvalue weighted by Gasteiger charge is -2.10. The molecule has 2 rings (SSSR count). The molecule has 2 aromatic rings. The van der Waals surface area contributed by atoms with Crippen LogP contribution in [0.25, 0.3) is 11.1 Å². The molecule has 0 amide bonds. The largest absolute Gasteiger partial charge is 0.461 e. The van der Waals surface area contributed by atoms with E-state index >= 15 is 0 Å². The van der Waals surface area contributed by atoms with Crippen molar-refractivity contribution in [3.05, 3.63) is 47.3 Å². The van der Waals surface area contributed by atoms with Gasteiger partial charge in [-0.3, -0.25) is 4.79 Å². The number of carbonyl (C=O) groups is 2. The van der Waals surface area contributed by atoms with Gasteiger partial charge in [0.1, 0.15) is 5.69 Å². The molecule has 0 radical (unpaired) electrons. The predicted molar refractivity (Wildman–Crippen MR) is 88.9 cm³/mol. The standard InChI is InChI=1S/C18H21NO5/c1-5-24-17(21)15-14(12-9-7-6-8-10-12)13(11(2)19(15)3)16(20)18(22)23-4/h6-10,18,22H,5H2,1-4H3. The van der Waals surface area contributed by atoms with Crippen molar-refractivity contribution in [3.8, 4) is 11.1 Å². The molecular formula is C18H21NO5. The van der Waals surface area contributed by atoms with Crippen LogP contribution in [-0.2, 0) is 16.5 Å². The number of nitrogens with zero attached hydrogens (tertiary/aromatic N) is 1. The molecule has 24 heavy (non-hydrogen) atoms. The minimum atomic E-state index is -1.59. The van der Waals surface area contributed by atoms with E-state index in [0.717, 1.165) is 0 Å². The lowest BCUT2D eigenvalue weighted by molar-refractivity contribution is -0.0483. The molecule has 0 bridgehead atoms. The first-order valence-corrected chi connectivity index (χ1v) is 7.60. The SMILES string of the molecule is CCOC(=O)c1c(-c2ccccc2)c(C(=O)C(O)OC)c(C)n1C. The maximum absolute atomic E-state index is 12.6. The minimum Gasteiger partial charge on any atom is -0.461 e. The van der Waals surface area contributed by atoms with Gasteiger partial charge in [0.25, 0.3) is 0 Å². The van der Waals surface area contributed by atoms with E-state index in [1.165, 1.54) is 7.11 Å². The number of hydrogen-bond donors (Lipinski definition) is 1. The topological polar surface area (TPSA) is 77.8 Å². The van der Waals surface area contributed by atoms with E-state index in [2.05, 4.69) is 0 Å². The Bertz CT molecular complexity index is 749. The number of rotatable bonds is 6. The fourth-order valence-corrected chi connectivity index (χ4v) is 2.66. The number of aliphatic hydroxyl groups excluding tert-OH is 1. The fraction of sp³-hybridized carbons (Fsp3) is 0.333. The zero-order valence-electron chi connectivity index (χ0n) is 14.2. The number of esters is 1. The lowest BCUT2D eigenvalue weighted by Crippen LogP contribution is -2.23. The molecule has 0 aliphatic carbocycles. The summed E-state index contributed by atoms with van der Waals surface area (Å²) in [6.45, 7) is 3.66. The van der Waals surface area contributed by atoms with Crippen molar-refractivity contribution in [1.82, 2.24) is 4.57 Å². The van der Waals surface area contributed by atoms with Crippen LogP contribution in [0.2, 0.25) is 0 Å². The molecule has 0 saturated heterocycles. The van der Waals surface area contributed by atoms with Crippen LogP contribution < -0.4 is 0 Å². The average Bonchev–Trinajstić information content (AvgIpc) is 2.86. The van der Waals surface area contributed by atoms with Crippen molar-refractivity contribution in [1.29, 1.82) is 0 Å². The summed E-state index contributed by atoms with van der Waals surface area (Å²) in [5, 5.41) is 9.82. The highest BCUT2D eigenvalue weighted by Gasteiger charge is 2.31. The van der Waals surface area contributed by atoms with Gasteiger partial charge in [0.15, 0.2) is 0 Å². The van der Waals surface area contributed by atoms with E-state index in [1.54, 1.807) is 37.6 Å². The molecule has 1 aromatic carbocycles. The Morgan fingerprint density at radius 3 is 2.42 bits per heavy atom. The second kappa shape index (κ2) is 7.42. The molecule has 1 unspecified atom stereocenters. The van der Waals surface area contributed by atoms with Crippen molar-refractivity contribution in [2.45, 2.75) is 20.1 Å². The quantitative estimate of drug-likeness (QED) is 0.499. The summed E-state index contributed by atoms with van der Waals surface area (Å²) in [5.41, 5.74) is 2.21. The number of carbonyl (C=O) groups excluding carboxylic acids is 2. The number of aliphatic hydroxyl groups is 1. The van der Waals surface area contributed by atoms with Crippen LogP contribution in [0.5, 0.6) is 0 Å². The van der Waals surface area contributed by atoms with Crippen LogP contribution >= 0.6 is 0 Å². The van der Waals surface area contributed by atoms with Crippen LogP contribution in [0.3, 0.4) is 0 Å². The normalized spacial score (nSPS) is 12.0. The Labute approximate surface area is 140 Å². The molecule has 1 atom stereocenters. The fourth-order valence-electron chi connectivity index (χ4n) is 2.66. The molecule has 0 fully saturated rings. The van der Waals surface area contributed by atoms with Gasteiger partial charge in [0.2, 0.25) is 12.1 Å². The molecule has 1 heterocycles. The average molecular weight is 331 g/mol. The van der Waals surface area contributed by atoms with E-state index in [0.29, 0.717) is 16.8 Å². The monoisotopic (exact) mass is 331 g/mol. The van der Waals surface area contributed by atoms with Crippen molar-refractivity contribution in [3.63, 3.8) is 0 Å². The third-order valence-corrected chi connectivity index (χ3v) is 3.91. The highest BCUT2D eigenvalue weighted by atomic mass is 16.6. The summed E-state index contributed by atoms with van der Waals surface area (Å²) in [7, 11) is 2.93. The summed E-state index contributed by atoms with van der Waals surface area (Å²) in [6.07, 6.45) is -1.59. The first-order chi connectivity index (χ1) is 11.4. The molecule has 0 aliphatic heterocycles. The number of ketones is 1. The molecule has 0 spiro atoms. The van der Waals surface area contributed by atoms with E-state index in [1.807, 2.05) is 18.2 Å². The Morgan fingerprint density at radius 2 is 1.88 bits per heavy atom. The van der Waals surface area contributed by atoms with Crippen molar-refractivity contribution in [2.24, 2.45) is 7.05 Å². The second-order valence-electron chi connectivity index (χ2n) is 5.28. The summed E-state index contributed by atoms with van der Waals surface area (Å²) >= 11 is 0. The number of ether oxygens (including phenoxy) is 2. The number of aromatic nitrogens is 1. The van der Waals surface area contributed by atoms with Crippen LogP contribution in [0.4, 0.5) is 0 Å². The van der Waals surface area contributed by atoms with Crippen molar-refractivity contribution in [2.75, 3.05) is 13.7 Å². The van der Waals surface area contributed by atoms with Gasteiger partial charge in [-0.15, -0.1) is 0 Å². The van der Waals surface area contributed by atoms with Crippen molar-refractivity contribution < 1.29 is 24.2 Å². The van der Waals surface area contributed by atoms with Gasteiger partial charge in [-0.25, -0.2) is 4.79 Å². The summed E-state index contributed by atoms with van der Waals surface area (Å²) < 4.78 is 11.5. The Balaban J connectivity index is 2.77. The summed E-state index contributed by atoms with van der Waals surface area (Å²) in [4.78, 5) is 25.0. The Morgan fingerprint density at radius 1 is 1.25 bits per heavy atom. The number of methoxy groups -OCH3 is 1.